The van der Waals surface area contributed by atoms with Crippen LogP contribution in [0.4, 0.5) is 17.5 Å². The molecule has 25 heteroatoms. The highest BCUT2D eigenvalue weighted by atomic mass is 35.5. The van der Waals surface area contributed by atoms with Crippen LogP contribution in [0.1, 0.15) is 88.0 Å². The lowest BCUT2D eigenvalue weighted by Gasteiger charge is -2.28. The molecular formula is C74H84ClN9O12S3. The van der Waals surface area contributed by atoms with Crippen LogP contribution in [0.5, 0.6) is 11.5 Å². The summed E-state index contributed by atoms with van der Waals surface area (Å²) in [6.45, 7) is 0.436. The fourth-order valence-corrected chi connectivity index (χ4v) is 16.2. The van der Waals surface area contributed by atoms with E-state index in [-0.39, 0.29) is 59.0 Å². The molecule has 3 saturated carbocycles. The molecule has 5 aliphatic rings. The predicted molar refractivity (Wildman–Crippen MR) is 389 cm³/mol. The van der Waals surface area contributed by atoms with Gasteiger partial charge in [0, 0.05) is 55.5 Å². The number of anilines is 3. The van der Waals surface area contributed by atoms with E-state index in [9.17, 15) is 44.7 Å². The fraction of sp³-hybridized carbons (Fsp3) is 0.270. The minimum atomic E-state index is -3.67. The average Bonchev–Trinajstić information content (AvgIpc) is 1.60. The number of hydrogen-bond acceptors (Lipinski definition) is 15. The molecule has 4 fully saturated rings. The van der Waals surface area contributed by atoms with E-state index in [1.807, 2.05) is 91.0 Å². The van der Waals surface area contributed by atoms with E-state index in [0.717, 1.165) is 91.2 Å². The Morgan fingerprint density at radius 1 is 0.525 bits per heavy atom. The number of ether oxygens (including phenoxy) is 2. The van der Waals surface area contributed by atoms with Crippen molar-refractivity contribution in [3.63, 3.8) is 0 Å². The van der Waals surface area contributed by atoms with Crippen molar-refractivity contribution in [2.24, 2.45) is 0 Å². The third kappa shape index (κ3) is 14.9. The SMILES string of the molecule is CN(C)S(=O)(=O)c1ccc(-c2cccc(NC(=O)C3(c4ccc5c(c4)OCO5)CC3)n2)cc1.CNS(=O)(=O)c1ccc(-c2cccc(NC(=O)C3(c4ccc(Cl)cc4)CC3)n2)cc1.O=C(Nc1cccc(-c2ccc(S(=O)(=O)N3CCC[C@@H]3CO)cc2)n1)C1(c2ccccc2)CCCC1.[HH].[HH].[HH].[HH].[HH]. The van der Waals surface area contributed by atoms with Crippen LogP contribution in [-0.2, 0) is 60.7 Å². The molecule has 0 spiro atoms. The largest absolute Gasteiger partial charge is 0.454 e. The summed E-state index contributed by atoms with van der Waals surface area (Å²) in [6, 6.07) is 58.3. The number of aromatic nitrogens is 3. The van der Waals surface area contributed by atoms with Gasteiger partial charge in [-0.05, 0) is 172 Å². The third-order valence-corrected chi connectivity index (χ3v) is 24.3. The molecule has 0 unspecified atom stereocenters. The van der Waals surface area contributed by atoms with Crippen molar-refractivity contribution in [2.75, 3.05) is 57.0 Å². The summed E-state index contributed by atoms with van der Waals surface area (Å²) >= 11 is 5.96. The molecule has 9 aromatic rings. The molecule has 1 atom stereocenters. The number of benzene rings is 6. The van der Waals surface area contributed by atoms with E-state index in [2.05, 4.69) is 35.6 Å². The molecule has 3 aliphatic carbocycles. The van der Waals surface area contributed by atoms with Crippen LogP contribution in [0.25, 0.3) is 33.8 Å². The number of pyridine rings is 3. The van der Waals surface area contributed by atoms with E-state index in [0.29, 0.717) is 64.0 Å². The van der Waals surface area contributed by atoms with Crippen LogP contribution in [0.2, 0.25) is 5.02 Å². The Balaban J connectivity index is 0.000000214. The topological polar surface area (TPSA) is 286 Å². The van der Waals surface area contributed by atoms with Crippen LogP contribution in [0, 0.1) is 0 Å². The average molecular weight is 1420 g/mol. The highest BCUT2D eigenvalue weighted by Gasteiger charge is 2.53. The van der Waals surface area contributed by atoms with Crippen LogP contribution >= 0.6 is 11.6 Å². The van der Waals surface area contributed by atoms with Gasteiger partial charge in [0.05, 0.1) is 54.6 Å². The van der Waals surface area contributed by atoms with Gasteiger partial charge in [0.15, 0.2) is 11.5 Å². The molecule has 3 amide bonds. The number of halogens is 1. The smallest absolute Gasteiger partial charge is 0.243 e. The standard InChI is InChI=1S/C28H31N3O4S.C24H23N3O5S.C22H20ClN3O3S.5H2/c32-20-23-10-7-19-31(23)36(34,35)24-15-13-21(14-16-24)25-11-6-12-26(29-25)30-27(33)28(17-4-5-18-28)22-8-2-1-3-9-22;1-27(2)33(29,30)18-9-6-16(7-10-18)19-4-3-5-22(25-19)26-23(28)24(12-13-24)17-8-11-20-21(14-17)32-15-31-20;1-24-30(28,29)18-11-5-15(6-12-18)19-3-2-4-20(25-19)26-21(27)22(13-14-22)16-7-9-17(23)10-8-16;;;;;/h1-3,6,8-9,11-16,23,32H,4-5,7,10,17-20H2,(H,29,30,33);3-11,14H,12-13,15H2,1-2H3,(H,25,26,28);2-12,24H,13-14H2,1H3,(H,25,26,27);5*1H/t23-;;;;;;;/m1......./s1. The highest BCUT2D eigenvalue weighted by Crippen LogP contribution is 2.52. The van der Waals surface area contributed by atoms with Crippen LogP contribution in [0.3, 0.4) is 0 Å². The van der Waals surface area contributed by atoms with Crippen LogP contribution in [-0.4, -0.2) is 119 Å². The lowest BCUT2D eigenvalue weighted by Crippen LogP contribution is -2.38. The summed E-state index contributed by atoms with van der Waals surface area (Å²) in [7, 11) is -6.31. The zero-order valence-electron chi connectivity index (χ0n) is 54.6. The number of aliphatic hydroxyl groups excluding tert-OH is 1. The molecule has 14 rings (SSSR count). The lowest BCUT2D eigenvalue weighted by atomic mass is 9.78. The van der Waals surface area contributed by atoms with Gasteiger partial charge in [-0.2, -0.15) is 4.31 Å². The first-order valence-electron chi connectivity index (χ1n) is 32.4. The van der Waals surface area contributed by atoms with E-state index in [1.54, 1.807) is 97.1 Å². The second-order valence-corrected chi connectivity index (χ2v) is 31.5. The summed E-state index contributed by atoms with van der Waals surface area (Å²) in [5.74, 6) is 2.46. The van der Waals surface area contributed by atoms with E-state index >= 15 is 0 Å². The zero-order valence-corrected chi connectivity index (χ0v) is 57.8. The maximum Gasteiger partial charge on any atom is 0.243 e. The summed E-state index contributed by atoms with van der Waals surface area (Å²) in [5, 5.41) is 19.1. The Labute approximate surface area is 588 Å². The molecule has 2 aliphatic heterocycles. The lowest BCUT2D eigenvalue weighted by molar-refractivity contribution is -0.121. The maximum absolute atomic E-state index is 13.5. The van der Waals surface area contributed by atoms with Crippen LogP contribution in [0.15, 0.2) is 215 Å². The quantitative estimate of drug-likeness (QED) is 0.0503. The van der Waals surface area contributed by atoms with Gasteiger partial charge in [0.25, 0.3) is 0 Å². The molecule has 21 nitrogen and oxygen atoms in total. The number of nitrogens with one attached hydrogen (secondary N) is 4. The molecule has 5 N–H and O–H groups in total. The number of fused-ring (bicyclic) bond motifs is 1. The summed E-state index contributed by atoms with van der Waals surface area (Å²) in [5.41, 5.74) is 5.38. The minimum absolute atomic E-state index is 0. The van der Waals surface area contributed by atoms with Gasteiger partial charge in [-0.3, -0.25) is 14.4 Å². The first-order chi connectivity index (χ1) is 47.6. The highest BCUT2D eigenvalue weighted by molar-refractivity contribution is 7.89. The second-order valence-electron chi connectivity index (χ2n) is 25.1. The van der Waals surface area contributed by atoms with Crippen molar-refractivity contribution in [1.29, 1.82) is 0 Å². The van der Waals surface area contributed by atoms with Gasteiger partial charge >= 0.3 is 0 Å². The molecular weight excluding hydrogens is 1340 g/mol. The number of aliphatic hydroxyl groups is 1. The molecule has 1 saturated heterocycles. The zero-order chi connectivity index (χ0) is 69.7. The fourth-order valence-electron chi connectivity index (χ4n) is 12.8. The van der Waals surface area contributed by atoms with Crippen molar-refractivity contribution >= 4 is 76.8 Å². The van der Waals surface area contributed by atoms with Crippen molar-refractivity contribution in [2.45, 2.75) is 101 Å². The van der Waals surface area contributed by atoms with Gasteiger partial charge in [0.1, 0.15) is 17.5 Å². The number of sulfonamides is 3. The van der Waals surface area contributed by atoms with E-state index < -0.39 is 46.3 Å². The van der Waals surface area contributed by atoms with Crippen molar-refractivity contribution in [3.8, 4) is 45.3 Å². The van der Waals surface area contributed by atoms with Crippen molar-refractivity contribution in [1.82, 2.24) is 28.3 Å². The molecule has 5 heterocycles. The molecule has 3 aromatic heterocycles. The normalized spacial score (nSPS) is 17.1. The summed E-state index contributed by atoms with van der Waals surface area (Å²) < 4.78 is 90.1. The Hall–Kier alpha value is -9.24. The van der Waals surface area contributed by atoms with E-state index in [4.69, 9.17) is 21.1 Å². The minimum Gasteiger partial charge on any atom is -0.454 e. The van der Waals surface area contributed by atoms with Crippen LogP contribution < -0.4 is 30.1 Å². The molecule has 0 radical (unpaired) electrons. The monoisotopic (exact) mass is 1420 g/mol. The number of nitrogens with zero attached hydrogens (tertiary/aromatic N) is 5. The molecule has 522 valence electrons. The Kier molecular flexibility index (Phi) is 20.3. The first kappa shape index (κ1) is 69.7. The molecule has 99 heavy (non-hydrogen) atoms. The molecule has 0 bridgehead atoms. The van der Waals surface area contributed by atoms with Gasteiger partial charge in [-0.1, -0.05) is 128 Å². The molecule has 6 aromatic carbocycles. The number of carbonyl (C=O) groups excluding carboxylic acids is 3. The Morgan fingerprint density at radius 2 is 0.960 bits per heavy atom. The number of amides is 3. The van der Waals surface area contributed by atoms with Crippen molar-refractivity contribution < 1.29 is 61.4 Å². The number of rotatable bonds is 19. The number of carbonyl (C=O) groups is 3. The first-order valence-corrected chi connectivity index (χ1v) is 37.2. The summed E-state index contributed by atoms with van der Waals surface area (Å²) in [4.78, 5) is 53.9. The number of hydrogen-bond donors (Lipinski definition) is 5. The predicted octanol–water partition coefficient (Wildman–Crippen LogP) is 13.0. The van der Waals surface area contributed by atoms with Gasteiger partial charge in [-0.25, -0.2) is 49.2 Å². The van der Waals surface area contributed by atoms with Crippen molar-refractivity contribution in [3.05, 3.63) is 222 Å². The Morgan fingerprint density at radius 3 is 1.42 bits per heavy atom. The van der Waals surface area contributed by atoms with Gasteiger partial charge < -0.3 is 30.5 Å². The van der Waals surface area contributed by atoms with E-state index in [1.165, 1.54) is 41.9 Å². The Bertz CT molecular complexity index is 4840. The summed E-state index contributed by atoms with van der Waals surface area (Å²) in [6.07, 6.45) is 8.13. The second kappa shape index (κ2) is 28.9. The third-order valence-electron chi connectivity index (χ3n) is 18.8. The van der Waals surface area contributed by atoms with Gasteiger partial charge in [0.2, 0.25) is 54.6 Å². The maximum atomic E-state index is 13.5. The van der Waals surface area contributed by atoms with Gasteiger partial charge in [-0.15, -0.1) is 0 Å².